The van der Waals surface area contributed by atoms with Crippen molar-refractivity contribution in [3.05, 3.63) is 278 Å². The fraction of sp³-hybridized carbons (Fsp3) is 0.0303. The van der Waals surface area contributed by atoms with E-state index in [9.17, 15) is 0 Å². The summed E-state index contributed by atoms with van der Waals surface area (Å²) in [6.45, 7) is 3.78. The molecule has 10 aromatic carbocycles. The van der Waals surface area contributed by atoms with Crippen molar-refractivity contribution in [2.45, 2.75) is 6.42 Å². The van der Waals surface area contributed by atoms with Gasteiger partial charge in [-0.1, -0.05) is 201 Å². The van der Waals surface area contributed by atoms with Crippen LogP contribution in [0.1, 0.15) is 16.7 Å². The Morgan fingerprint density at radius 3 is 1.38 bits per heavy atom. The van der Waals surface area contributed by atoms with Crippen LogP contribution in [-0.2, 0) is 13.5 Å². The molecule has 0 unspecified atom stereocenters. The number of para-hydroxylation sites is 3. The summed E-state index contributed by atoms with van der Waals surface area (Å²) in [5, 5.41) is 6.04. The number of rotatable bonds is 7. The molecule has 0 fully saturated rings. The SMILES string of the molecule is C=Cc1cn(C)c2ccccc12.c1ccc(-c2cccc(-c3cccc(-c4ccc5oc6ccc(-n7c8ccccc8c8ccccc87)cc6c5c4)c3)c2)cc1.c1ccc(Cc2ccccc2)cc1. The number of hydrogen-bond acceptors (Lipinski definition) is 1. The maximum atomic E-state index is 6.33. The third-order valence-electron chi connectivity index (χ3n) is 13.0. The van der Waals surface area contributed by atoms with Crippen LogP contribution in [0.2, 0.25) is 0 Å². The van der Waals surface area contributed by atoms with Gasteiger partial charge in [0.25, 0.3) is 0 Å². The van der Waals surface area contributed by atoms with Crippen LogP contribution in [0.3, 0.4) is 0 Å². The van der Waals surface area contributed by atoms with Crippen LogP contribution in [-0.4, -0.2) is 9.13 Å². The van der Waals surface area contributed by atoms with Crippen molar-refractivity contribution in [3.63, 3.8) is 0 Å². The Bertz CT molecular complexity index is 3800. The summed E-state index contributed by atoms with van der Waals surface area (Å²) in [7, 11) is 2.05. The van der Waals surface area contributed by atoms with E-state index in [4.69, 9.17) is 4.42 Å². The molecule has 3 heteroatoms. The Morgan fingerprint density at radius 2 is 0.812 bits per heavy atom. The van der Waals surface area contributed by atoms with Crippen molar-refractivity contribution in [1.29, 1.82) is 0 Å². The maximum absolute atomic E-state index is 6.33. The second kappa shape index (κ2) is 19.1. The number of benzene rings is 10. The highest BCUT2D eigenvalue weighted by Crippen LogP contribution is 2.38. The van der Waals surface area contributed by atoms with E-state index in [2.05, 4.69) is 278 Å². The highest BCUT2D eigenvalue weighted by molar-refractivity contribution is 6.11. The topological polar surface area (TPSA) is 23.0 Å². The molecule has 0 spiro atoms. The molecule has 0 bridgehead atoms. The largest absolute Gasteiger partial charge is 0.456 e. The van der Waals surface area contributed by atoms with Gasteiger partial charge in [0.15, 0.2) is 0 Å². The predicted molar refractivity (Wildman–Crippen MR) is 293 cm³/mol. The van der Waals surface area contributed by atoms with Crippen LogP contribution >= 0.6 is 0 Å². The molecule has 0 aliphatic heterocycles. The van der Waals surface area contributed by atoms with Gasteiger partial charge in [-0.05, 0) is 117 Å². The minimum absolute atomic E-state index is 0.896. The smallest absolute Gasteiger partial charge is 0.135 e. The average Bonchev–Trinajstić information content (AvgIpc) is 4.08. The average molecular weight is 887 g/mol. The third-order valence-corrected chi connectivity index (χ3v) is 13.0. The Labute approximate surface area is 403 Å². The van der Waals surface area contributed by atoms with Gasteiger partial charge in [-0.25, -0.2) is 0 Å². The monoisotopic (exact) mass is 886 g/mol. The first kappa shape index (κ1) is 42.7. The third kappa shape index (κ3) is 8.78. The van der Waals surface area contributed by atoms with Crippen molar-refractivity contribution >= 4 is 60.7 Å². The minimum atomic E-state index is 0.896. The highest BCUT2D eigenvalue weighted by Gasteiger charge is 2.15. The van der Waals surface area contributed by atoms with Gasteiger partial charge in [0.2, 0.25) is 0 Å². The summed E-state index contributed by atoms with van der Waals surface area (Å²) in [6.07, 6.45) is 5.02. The van der Waals surface area contributed by atoms with Crippen LogP contribution in [0.4, 0.5) is 0 Å². The zero-order valence-electron chi connectivity index (χ0n) is 38.5. The van der Waals surface area contributed by atoms with Gasteiger partial charge in [0.1, 0.15) is 11.2 Å². The van der Waals surface area contributed by atoms with E-state index in [1.54, 1.807) is 0 Å². The molecular formula is C66H50N2O. The fourth-order valence-corrected chi connectivity index (χ4v) is 9.64. The second-order valence-corrected chi connectivity index (χ2v) is 17.5. The van der Waals surface area contributed by atoms with Gasteiger partial charge >= 0.3 is 0 Å². The zero-order valence-corrected chi connectivity index (χ0v) is 38.5. The molecule has 0 aliphatic rings. The number of fused-ring (bicyclic) bond motifs is 7. The fourth-order valence-electron chi connectivity index (χ4n) is 9.64. The molecule has 0 radical (unpaired) electrons. The molecule has 0 amide bonds. The van der Waals surface area contributed by atoms with Gasteiger partial charge < -0.3 is 13.6 Å². The van der Waals surface area contributed by atoms with Crippen LogP contribution in [0, 0.1) is 0 Å². The van der Waals surface area contributed by atoms with E-state index in [0.29, 0.717) is 0 Å². The lowest BCUT2D eigenvalue weighted by Gasteiger charge is -2.09. The second-order valence-electron chi connectivity index (χ2n) is 17.5. The lowest BCUT2D eigenvalue weighted by Crippen LogP contribution is -1.93. The van der Waals surface area contributed by atoms with Crippen molar-refractivity contribution in [2.75, 3.05) is 0 Å². The molecule has 3 nitrogen and oxygen atoms in total. The molecule has 0 saturated heterocycles. The van der Waals surface area contributed by atoms with Crippen LogP contribution in [0.5, 0.6) is 0 Å². The molecule has 13 aromatic rings. The molecule has 13 rings (SSSR count). The van der Waals surface area contributed by atoms with Crippen molar-refractivity contribution in [3.8, 4) is 39.1 Å². The maximum Gasteiger partial charge on any atom is 0.135 e. The zero-order chi connectivity index (χ0) is 46.5. The molecular weight excluding hydrogens is 837 g/mol. The lowest BCUT2D eigenvalue weighted by molar-refractivity contribution is 0.669. The number of aryl methyl sites for hydroxylation is 1. The van der Waals surface area contributed by atoms with Crippen LogP contribution in [0.15, 0.2) is 266 Å². The summed E-state index contributed by atoms with van der Waals surface area (Å²) in [5.41, 5.74) is 17.7. The predicted octanol–water partition coefficient (Wildman–Crippen LogP) is 17.8. The normalized spacial score (nSPS) is 11.1. The van der Waals surface area contributed by atoms with Crippen LogP contribution < -0.4 is 0 Å². The Kier molecular flexibility index (Phi) is 11.8. The molecule has 330 valence electrons. The molecule has 69 heavy (non-hydrogen) atoms. The molecule has 3 heterocycles. The number of furan rings is 1. The van der Waals surface area contributed by atoms with Gasteiger partial charge in [0, 0.05) is 51.4 Å². The minimum Gasteiger partial charge on any atom is -0.456 e. The van der Waals surface area contributed by atoms with E-state index in [1.165, 1.54) is 82.8 Å². The van der Waals surface area contributed by atoms with E-state index >= 15 is 0 Å². The van der Waals surface area contributed by atoms with Crippen molar-refractivity contribution in [1.82, 2.24) is 9.13 Å². The van der Waals surface area contributed by atoms with Crippen molar-refractivity contribution in [2.24, 2.45) is 7.05 Å². The van der Waals surface area contributed by atoms with Gasteiger partial charge in [-0.3, -0.25) is 0 Å². The lowest BCUT2D eigenvalue weighted by atomic mass is 9.96. The van der Waals surface area contributed by atoms with Gasteiger partial charge in [-0.2, -0.15) is 0 Å². The molecule has 0 aliphatic carbocycles. The first-order chi connectivity index (χ1) is 34.1. The van der Waals surface area contributed by atoms with E-state index in [1.807, 2.05) is 6.08 Å². The highest BCUT2D eigenvalue weighted by atomic mass is 16.3. The summed E-state index contributed by atoms with van der Waals surface area (Å²) in [5.74, 6) is 0. The quantitative estimate of drug-likeness (QED) is 0.156. The number of hydrogen-bond donors (Lipinski definition) is 0. The standard InChI is InChI=1S/C42H27NO.C13H12.C11H11N/c1-2-10-28(11-3-1)29-12-8-13-30(24-29)31-14-9-15-32(25-31)33-20-22-41-37(26-33)38-27-34(21-23-42(38)44-41)43-39-18-6-4-16-35(39)36-17-5-7-19-40(36)43;1-3-7-12(8-4-1)11-13-9-5-2-6-10-13;1-3-9-8-12(2)11-7-5-4-6-10(9)11/h1-27H;1-10H,11H2;3-8H,1H2,2H3. The first-order valence-electron chi connectivity index (χ1n) is 23.5. The summed E-state index contributed by atoms with van der Waals surface area (Å²) in [4.78, 5) is 0. The molecule has 0 saturated carbocycles. The Hall–Kier alpha value is -8.92. The molecule has 0 atom stereocenters. The molecule has 0 N–H and O–H groups in total. The van der Waals surface area contributed by atoms with E-state index in [0.717, 1.165) is 34.0 Å². The summed E-state index contributed by atoms with van der Waals surface area (Å²) >= 11 is 0. The number of aromatic nitrogens is 2. The van der Waals surface area contributed by atoms with Crippen molar-refractivity contribution < 1.29 is 4.42 Å². The summed E-state index contributed by atoms with van der Waals surface area (Å²) in [6, 6.07) is 87.9. The number of nitrogens with zero attached hydrogens (tertiary/aromatic N) is 2. The van der Waals surface area contributed by atoms with Crippen LogP contribution in [0.25, 0.3) is 99.8 Å². The first-order valence-corrected chi connectivity index (χ1v) is 23.5. The Balaban J connectivity index is 0.000000168. The van der Waals surface area contributed by atoms with Gasteiger partial charge in [0.05, 0.1) is 11.0 Å². The van der Waals surface area contributed by atoms with E-state index in [-0.39, 0.29) is 0 Å². The van der Waals surface area contributed by atoms with E-state index < -0.39 is 0 Å². The summed E-state index contributed by atoms with van der Waals surface area (Å²) < 4.78 is 10.8. The molecule has 3 aromatic heterocycles. The van der Waals surface area contributed by atoms with Gasteiger partial charge in [-0.15, -0.1) is 0 Å². The Morgan fingerprint density at radius 1 is 0.377 bits per heavy atom.